The van der Waals surface area contributed by atoms with Gasteiger partial charge in [-0.2, -0.15) is 0 Å². The molecule has 3 aromatic rings. The Morgan fingerprint density at radius 3 is 2.29 bits per heavy atom. The van der Waals surface area contributed by atoms with E-state index in [0.717, 1.165) is 31.5 Å². The fourth-order valence-corrected chi connectivity index (χ4v) is 3.65. The molecule has 5 rings (SSSR count). The first-order valence-electron chi connectivity index (χ1n) is 6.61. The summed E-state index contributed by atoms with van der Waals surface area (Å²) in [5, 5.41) is 3.77. The second kappa shape index (κ2) is 6.08. The monoisotopic (exact) mass is 342 g/mol. The predicted octanol–water partition coefficient (Wildman–Crippen LogP) is 1.85. The summed E-state index contributed by atoms with van der Waals surface area (Å²) in [6, 6.07) is 18.3. The van der Waals surface area contributed by atoms with Gasteiger partial charge in [-0.05, 0) is 12.1 Å². The summed E-state index contributed by atoms with van der Waals surface area (Å²) in [5.74, 6) is -0.0804. The Kier molecular flexibility index (Phi) is 4.00. The Bertz CT molecular complexity index is 771. The number of amides is 1. The number of para-hydroxylation sites is 1. The SMILES string of the molecule is CC(=O)Nc1cccc2cccnc12.c1cc2cc(c1)[Se]2. The number of hydrogen-bond donors (Lipinski definition) is 1. The fraction of sp³-hybridized carbons (Fsp3) is 0.0588. The van der Waals surface area contributed by atoms with Crippen molar-refractivity contribution in [3.8, 4) is 0 Å². The number of nitrogens with zero attached hydrogens (tertiary/aromatic N) is 1. The molecule has 0 unspecified atom stereocenters. The second-order valence-electron chi connectivity index (χ2n) is 4.64. The van der Waals surface area contributed by atoms with Gasteiger partial charge >= 0.3 is 48.1 Å². The van der Waals surface area contributed by atoms with Gasteiger partial charge in [0.1, 0.15) is 0 Å². The summed E-state index contributed by atoms with van der Waals surface area (Å²) in [6.45, 7) is 1.49. The van der Waals surface area contributed by atoms with Crippen molar-refractivity contribution in [1.29, 1.82) is 0 Å². The van der Waals surface area contributed by atoms with E-state index in [2.05, 4.69) is 34.6 Å². The van der Waals surface area contributed by atoms with Crippen molar-refractivity contribution in [2.24, 2.45) is 0 Å². The van der Waals surface area contributed by atoms with Crippen molar-refractivity contribution in [3.63, 3.8) is 0 Å². The Hall–Kier alpha value is -2.16. The van der Waals surface area contributed by atoms with Crippen LogP contribution in [0.15, 0.2) is 60.8 Å². The van der Waals surface area contributed by atoms with E-state index in [1.807, 2.05) is 30.3 Å². The first kappa shape index (κ1) is 13.8. The van der Waals surface area contributed by atoms with Gasteiger partial charge in [-0.1, -0.05) is 18.2 Å². The molecule has 0 radical (unpaired) electrons. The van der Waals surface area contributed by atoms with E-state index in [1.54, 1.807) is 15.1 Å². The number of fused-ring (bicyclic) bond motifs is 3. The van der Waals surface area contributed by atoms with Gasteiger partial charge in [-0.25, -0.2) is 0 Å². The number of benzene rings is 2. The molecular formula is C17H14N2OSe. The minimum absolute atomic E-state index is 0.0804. The summed E-state index contributed by atoms with van der Waals surface area (Å²) >= 11 is 0.745. The number of carbonyl (C=O) groups excluding carboxylic acids is 1. The average Bonchev–Trinajstić information content (AvgIpc) is 2.48. The predicted molar refractivity (Wildman–Crippen MR) is 87.5 cm³/mol. The minimum atomic E-state index is -0.0804. The molecule has 0 atom stereocenters. The van der Waals surface area contributed by atoms with Crippen molar-refractivity contribution in [3.05, 3.63) is 60.8 Å². The number of hydrogen-bond acceptors (Lipinski definition) is 2. The van der Waals surface area contributed by atoms with E-state index in [4.69, 9.17) is 0 Å². The fourth-order valence-electron chi connectivity index (χ4n) is 2.07. The zero-order valence-corrected chi connectivity index (χ0v) is 13.3. The third-order valence-corrected chi connectivity index (χ3v) is 5.04. The summed E-state index contributed by atoms with van der Waals surface area (Å²) in [6.07, 6.45) is 1.72. The molecule has 0 spiro atoms. The molecule has 3 heterocycles. The molecule has 4 heteroatoms. The first-order chi connectivity index (χ1) is 10.2. The molecule has 3 nitrogen and oxygen atoms in total. The van der Waals surface area contributed by atoms with Gasteiger partial charge in [0.15, 0.2) is 0 Å². The average molecular weight is 341 g/mol. The van der Waals surface area contributed by atoms with Crippen molar-refractivity contribution >= 4 is 46.4 Å². The Morgan fingerprint density at radius 2 is 1.71 bits per heavy atom. The third-order valence-electron chi connectivity index (χ3n) is 2.98. The van der Waals surface area contributed by atoms with Gasteiger partial charge in [0.2, 0.25) is 5.91 Å². The zero-order chi connectivity index (χ0) is 14.7. The molecular weight excluding hydrogens is 327 g/mol. The van der Waals surface area contributed by atoms with E-state index in [-0.39, 0.29) is 5.91 Å². The van der Waals surface area contributed by atoms with Crippen LogP contribution in [-0.4, -0.2) is 25.8 Å². The molecule has 1 N–H and O–H groups in total. The van der Waals surface area contributed by atoms with Crippen LogP contribution in [0.5, 0.6) is 0 Å². The van der Waals surface area contributed by atoms with Crippen LogP contribution in [0.25, 0.3) is 10.9 Å². The number of carbonyl (C=O) groups is 1. The van der Waals surface area contributed by atoms with Crippen LogP contribution < -0.4 is 14.2 Å². The maximum absolute atomic E-state index is 10.9. The quantitative estimate of drug-likeness (QED) is 0.537. The Balaban J connectivity index is 0.000000156. The van der Waals surface area contributed by atoms with E-state index < -0.39 is 0 Å². The molecule has 1 amide bonds. The zero-order valence-electron chi connectivity index (χ0n) is 11.5. The van der Waals surface area contributed by atoms with Crippen LogP contribution in [0.1, 0.15) is 6.92 Å². The van der Waals surface area contributed by atoms with Gasteiger partial charge in [-0.3, -0.25) is 9.78 Å². The standard InChI is InChI=1S/C11H10N2O.C6H4Se/c1-8(14)13-10-6-2-4-9-5-3-7-12-11(9)10;1-2-5-4-6(3-1)7-5/h2-7H,1H3,(H,13,14);1-4H. The second-order valence-corrected chi connectivity index (χ2v) is 7.05. The van der Waals surface area contributed by atoms with E-state index >= 15 is 0 Å². The Labute approximate surface area is 129 Å². The van der Waals surface area contributed by atoms with E-state index in [1.165, 1.54) is 6.92 Å². The molecule has 2 bridgehead atoms. The number of anilines is 1. The summed E-state index contributed by atoms with van der Waals surface area (Å²) in [5.41, 5.74) is 1.58. The molecule has 0 aliphatic carbocycles. The van der Waals surface area contributed by atoms with E-state index in [9.17, 15) is 4.79 Å². The normalized spacial score (nSPS) is 11.1. The molecule has 0 saturated carbocycles. The van der Waals surface area contributed by atoms with Crippen molar-refractivity contribution in [1.82, 2.24) is 4.98 Å². The van der Waals surface area contributed by atoms with Crippen LogP contribution in [0.3, 0.4) is 0 Å². The summed E-state index contributed by atoms with van der Waals surface area (Å²) in [4.78, 5) is 15.1. The Morgan fingerprint density at radius 1 is 1.05 bits per heavy atom. The van der Waals surface area contributed by atoms with Crippen molar-refractivity contribution in [2.45, 2.75) is 6.92 Å². The topological polar surface area (TPSA) is 42.0 Å². The number of nitrogens with one attached hydrogen (secondary N) is 1. The van der Waals surface area contributed by atoms with E-state index in [0.29, 0.717) is 0 Å². The molecule has 2 aliphatic heterocycles. The number of rotatable bonds is 1. The maximum atomic E-state index is 10.9. The molecule has 0 fully saturated rings. The van der Waals surface area contributed by atoms with Crippen LogP contribution >= 0.6 is 0 Å². The molecule has 21 heavy (non-hydrogen) atoms. The molecule has 1 aromatic heterocycles. The molecule has 0 saturated heterocycles. The van der Waals surface area contributed by atoms with Crippen LogP contribution in [-0.2, 0) is 4.79 Å². The van der Waals surface area contributed by atoms with Gasteiger partial charge in [0.05, 0.1) is 11.2 Å². The number of aromatic nitrogens is 1. The van der Waals surface area contributed by atoms with Crippen LogP contribution in [0, 0.1) is 0 Å². The van der Waals surface area contributed by atoms with Gasteiger partial charge < -0.3 is 5.32 Å². The molecule has 104 valence electrons. The van der Waals surface area contributed by atoms with Gasteiger partial charge in [0, 0.05) is 18.5 Å². The van der Waals surface area contributed by atoms with Gasteiger partial charge in [0.25, 0.3) is 0 Å². The van der Waals surface area contributed by atoms with Crippen molar-refractivity contribution < 1.29 is 4.79 Å². The third kappa shape index (κ3) is 3.30. The molecule has 2 aromatic carbocycles. The van der Waals surface area contributed by atoms with Gasteiger partial charge in [-0.15, -0.1) is 0 Å². The first-order valence-corrected chi connectivity index (χ1v) is 8.33. The summed E-state index contributed by atoms with van der Waals surface area (Å²) < 4.78 is 3.09. The number of pyridine rings is 1. The van der Waals surface area contributed by atoms with Crippen LogP contribution in [0.2, 0.25) is 0 Å². The molecule has 2 aliphatic rings. The van der Waals surface area contributed by atoms with Crippen molar-refractivity contribution in [2.75, 3.05) is 5.32 Å². The van der Waals surface area contributed by atoms with Crippen LogP contribution in [0.4, 0.5) is 5.69 Å². The summed E-state index contributed by atoms with van der Waals surface area (Å²) in [7, 11) is 0.